The molecule has 0 bridgehead atoms. The van der Waals surface area contributed by atoms with E-state index in [1.807, 2.05) is 0 Å². The molecule has 4 N–H and O–H groups in total. The Bertz CT molecular complexity index is 1230. The van der Waals surface area contributed by atoms with Crippen LogP contribution in [0.25, 0.3) is 0 Å². The lowest BCUT2D eigenvalue weighted by Gasteiger charge is -2.31. The fourth-order valence-electron chi connectivity index (χ4n) is 4.79. The van der Waals surface area contributed by atoms with Gasteiger partial charge >= 0.3 is 19.8 Å². The molecule has 13 nitrogen and oxygen atoms in total. The number of nitrogen functional groups attached to an aromatic ring is 1. The van der Waals surface area contributed by atoms with Gasteiger partial charge in [0.25, 0.3) is 5.85 Å². The van der Waals surface area contributed by atoms with E-state index in [2.05, 4.69) is 9.73 Å². The van der Waals surface area contributed by atoms with Crippen molar-refractivity contribution in [3.63, 3.8) is 0 Å². The van der Waals surface area contributed by atoms with E-state index in [0.717, 1.165) is 49.8 Å². The summed E-state index contributed by atoms with van der Waals surface area (Å²) >= 11 is 0. The van der Waals surface area contributed by atoms with Gasteiger partial charge in [-0.2, -0.15) is 4.98 Å². The molecule has 2 aliphatic carbocycles. The van der Waals surface area contributed by atoms with Crippen LogP contribution >= 0.6 is 8.17 Å². The zero-order chi connectivity index (χ0) is 29.1. The third-order valence-electron chi connectivity index (χ3n) is 7.06. The van der Waals surface area contributed by atoms with Gasteiger partial charge in [0.15, 0.2) is 12.3 Å². The Balaban J connectivity index is 1.46. The quantitative estimate of drug-likeness (QED) is 0.217. The maximum Gasteiger partial charge on any atom is 0.351 e. The molecular weight excluding hydrogens is 550 g/mol. The smallest absolute Gasteiger partial charge is 0.351 e. The molecule has 4 rings (SSSR count). The molecule has 1 aliphatic heterocycles. The highest BCUT2D eigenvalue weighted by molar-refractivity contribution is 7.33. The maximum atomic E-state index is 16.0. The summed E-state index contributed by atoms with van der Waals surface area (Å²) < 4.78 is 42.7. The molecule has 0 aromatic carbocycles. The van der Waals surface area contributed by atoms with Crippen molar-refractivity contribution in [2.45, 2.75) is 94.1 Å². The summed E-state index contributed by atoms with van der Waals surface area (Å²) in [6, 6.07) is 0.163. The van der Waals surface area contributed by atoms with Crippen molar-refractivity contribution >= 4 is 20.0 Å². The predicted octanol–water partition coefficient (Wildman–Crippen LogP) is 1.50. The van der Waals surface area contributed by atoms with Crippen LogP contribution in [0, 0.1) is 0 Å². The summed E-state index contributed by atoms with van der Waals surface area (Å²) in [5.41, 5.74) is 2.27. The molecule has 1 saturated heterocycles. The molecular formula is C25H34FN4O9P. The number of ether oxygens (including phenoxy) is 3. The lowest BCUT2D eigenvalue weighted by Crippen LogP contribution is -2.51. The molecule has 2 unspecified atom stereocenters. The number of allylic oxidation sites excluding steroid dienone is 2. The molecule has 0 radical (unpaired) electrons. The number of alkyl halides is 1. The first-order valence-corrected chi connectivity index (χ1v) is 14.2. The minimum absolute atomic E-state index is 0.0195. The van der Waals surface area contributed by atoms with Gasteiger partial charge in [-0.15, -0.1) is 4.52 Å². The van der Waals surface area contributed by atoms with Crippen molar-refractivity contribution in [3.05, 3.63) is 47.1 Å². The average Bonchev–Trinajstić information content (AvgIpc) is 3.09. The van der Waals surface area contributed by atoms with Gasteiger partial charge in [-0.1, -0.05) is 29.4 Å². The zero-order valence-electron chi connectivity index (χ0n) is 22.2. The van der Waals surface area contributed by atoms with Crippen LogP contribution in [0.15, 0.2) is 46.1 Å². The Labute approximate surface area is 231 Å². The lowest BCUT2D eigenvalue weighted by atomic mass is 9.95. The fraction of sp³-hybridized carbons (Fsp3) is 0.640. The van der Waals surface area contributed by atoms with Crippen molar-refractivity contribution in [1.29, 1.82) is 0 Å². The number of carbonyl (C=O) groups is 1. The Morgan fingerprint density at radius 1 is 1.40 bits per heavy atom. The number of aromatic nitrogens is 2. The number of esters is 1. The lowest BCUT2D eigenvalue weighted by molar-refractivity contribution is -0.266. The second kappa shape index (κ2) is 12.1. The van der Waals surface area contributed by atoms with Gasteiger partial charge in [0.2, 0.25) is 5.79 Å². The van der Waals surface area contributed by atoms with E-state index in [1.165, 1.54) is 25.1 Å². The van der Waals surface area contributed by atoms with E-state index in [9.17, 15) is 24.7 Å². The summed E-state index contributed by atoms with van der Waals surface area (Å²) in [7, 11) is -2.85. The van der Waals surface area contributed by atoms with E-state index in [-0.39, 0.29) is 18.3 Å². The summed E-state index contributed by atoms with van der Waals surface area (Å²) in [5, 5.41) is 21.5. The molecule has 40 heavy (non-hydrogen) atoms. The Morgan fingerprint density at radius 3 is 2.77 bits per heavy atom. The average molecular weight is 585 g/mol. The van der Waals surface area contributed by atoms with Crippen LogP contribution in [0.4, 0.5) is 10.2 Å². The van der Waals surface area contributed by atoms with E-state index >= 15 is 4.39 Å². The number of carbonyl (C=O) groups excluding carboxylic acids is 1. The van der Waals surface area contributed by atoms with Crippen molar-refractivity contribution in [3.8, 4) is 0 Å². The van der Waals surface area contributed by atoms with Crippen LogP contribution in [0.5, 0.6) is 0 Å². The molecule has 2 heterocycles. The summed E-state index contributed by atoms with van der Waals surface area (Å²) in [6.07, 6.45) is 7.80. The summed E-state index contributed by atoms with van der Waals surface area (Å²) in [6.45, 7) is 1.52. The van der Waals surface area contributed by atoms with Crippen molar-refractivity contribution in [1.82, 2.24) is 9.55 Å². The number of hydrogen-bond acceptors (Lipinski definition) is 12. The largest absolute Gasteiger partial charge is 0.583 e. The molecule has 2 fully saturated rings. The molecule has 1 aromatic heterocycles. The van der Waals surface area contributed by atoms with E-state index in [4.69, 9.17) is 24.5 Å². The van der Waals surface area contributed by atoms with E-state index in [0.29, 0.717) is 0 Å². The zero-order valence-corrected chi connectivity index (χ0v) is 23.1. The van der Waals surface area contributed by atoms with Crippen LogP contribution in [0.1, 0.15) is 58.6 Å². The second-order valence-corrected chi connectivity index (χ2v) is 11.2. The molecule has 220 valence electrons. The van der Waals surface area contributed by atoms with Gasteiger partial charge in [0, 0.05) is 12.6 Å². The topological polar surface area (TPSA) is 191 Å². The Hall–Kier alpha value is -2.58. The van der Waals surface area contributed by atoms with Crippen LogP contribution in [0.2, 0.25) is 0 Å². The van der Waals surface area contributed by atoms with Gasteiger partial charge in [0.05, 0.1) is 0 Å². The SMILES string of the molecule is C[C@H](N=[P+]([O-])OC1(OC[C@@]2(F)O[C@@H](n3ccc(N)nc3=O)[C@](C)(O)[C@@H]2O)C=CC=CC1)C(=O)OC1CCCCC1. The number of aliphatic hydroxyl groups is 2. The van der Waals surface area contributed by atoms with Crippen molar-refractivity contribution < 1.29 is 43.0 Å². The summed E-state index contributed by atoms with van der Waals surface area (Å²) in [5.74, 6) is -5.55. The molecule has 1 saturated carbocycles. The van der Waals surface area contributed by atoms with E-state index in [1.54, 1.807) is 12.2 Å². The molecule has 3 aliphatic rings. The number of anilines is 1. The number of hydrogen-bond donors (Lipinski definition) is 3. The first kappa shape index (κ1) is 30.4. The molecule has 0 amide bonds. The first-order valence-electron chi connectivity index (χ1n) is 13.0. The highest BCUT2D eigenvalue weighted by Crippen LogP contribution is 2.46. The van der Waals surface area contributed by atoms with Crippen LogP contribution in [0.3, 0.4) is 0 Å². The standard InChI is InChI=1S/C25H34FN4O9P/c1-16(19(31)37-17-9-5-3-6-10-17)29-40(35)39-24(12-7-4-8-13-24)36-15-25(26)20(32)23(2,34)21(38-25)30-14-11-18(27)28-22(30)33/h4,7-8,11-12,14,16-17,20-21,32,34H,3,5-6,9-10,13,15H2,1-2H3,(H2,27,28,33)/t16-,20-,21+,23+,24?,25+/m0/s1. The third-order valence-corrected chi connectivity index (χ3v) is 8.06. The first-order chi connectivity index (χ1) is 18.9. The minimum Gasteiger partial charge on any atom is -0.583 e. The molecule has 0 spiro atoms. The summed E-state index contributed by atoms with van der Waals surface area (Å²) in [4.78, 5) is 41.1. The Morgan fingerprint density at radius 2 is 2.12 bits per heavy atom. The van der Waals surface area contributed by atoms with Crippen LogP contribution in [-0.2, 0) is 23.5 Å². The highest BCUT2D eigenvalue weighted by Gasteiger charge is 2.64. The van der Waals surface area contributed by atoms with Gasteiger partial charge in [0.1, 0.15) is 30.2 Å². The van der Waals surface area contributed by atoms with Crippen LogP contribution in [-0.4, -0.2) is 67.8 Å². The monoisotopic (exact) mass is 584 g/mol. The predicted molar refractivity (Wildman–Crippen MR) is 138 cm³/mol. The Kier molecular flexibility index (Phi) is 9.20. The fourth-order valence-corrected chi connectivity index (χ4v) is 5.67. The van der Waals surface area contributed by atoms with Gasteiger partial charge in [-0.25, -0.2) is 14.0 Å². The van der Waals surface area contributed by atoms with Crippen LogP contribution < -0.4 is 16.3 Å². The number of halogens is 1. The number of aliphatic hydroxyl groups excluding tert-OH is 1. The van der Waals surface area contributed by atoms with Gasteiger partial charge in [-0.05, 0) is 51.7 Å². The number of nitrogens with zero attached hydrogens (tertiary/aromatic N) is 3. The highest BCUT2D eigenvalue weighted by atomic mass is 31.1. The maximum absolute atomic E-state index is 16.0. The molecule has 15 heteroatoms. The van der Waals surface area contributed by atoms with Gasteiger partial charge < -0.3 is 35.1 Å². The molecule has 7 atom stereocenters. The van der Waals surface area contributed by atoms with E-state index < -0.39 is 62.1 Å². The number of rotatable bonds is 9. The second-order valence-electron chi connectivity index (χ2n) is 10.3. The third kappa shape index (κ3) is 6.65. The van der Waals surface area contributed by atoms with Crippen molar-refractivity contribution in [2.24, 2.45) is 4.74 Å². The minimum atomic E-state index is -3.03. The normalized spacial score (nSPS) is 33.7. The van der Waals surface area contributed by atoms with Gasteiger partial charge in [-0.3, -0.25) is 4.57 Å². The molecule has 1 aromatic rings. The number of nitrogens with two attached hydrogens (primary N) is 1. The van der Waals surface area contributed by atoms with Crippen molar-refractivity contribution in [2.75, 3.05) is 12.3 Å².